The molecule has 1 amide bonds. The summed E-state index contributed by atoms with van der Waals surface area (Å²) in [6.45, 7) is 0. The number of carbonyl (C=O) groups excluding carboxylic acids is 1. The number of benzene rings is 2. The maximum absolute atomic E-state index is 12.2. The van der Waals surface area contributed by atoms with Crippen LogP contribution in [0.25, 0.3) is 10.2 Å². The Morgan fingerprint density at radius 2 is 1.95 bits per heavy atom. The number of nitrogens with zero attached hydrogens (tertiary/aromatic N) is 1. The molecule has 3 N–H and O–H groups in total. The number of nitrogens with one attached hydrogen (secondary N) is 1. The molecule has 0 saturated heterocycles. The number of carbonyl (C=O) groups is 1. The molecule has 7 heteroatoms. The van der Waals surface area contributed by atoms with Crippen LogP contribution in [0.15, 0.2) is 36.4 Å². The van der Waals surface area contributed by atoms with Gasteiger partial charge in [0.25, 0.3) is 5.91 Å². The van der Waals surface area contributed by atoms with Crippen molar-refractivity contribution in [2.24, 2.45) is 0 Å². The standard InChI is InChI=1S/C14H9Cl2N3OS/c15-9-3-2-8(6-10(9)16)18-13(20)7-1-4-11-12(5-7)21-14(17)19-11/h1-6H,(H2,17,19)(H,18,20). The number of thiazole rings is 1. The van der Waals surface area contributed by atoms with E-state index >= 15 is 0 Å². The van der Waals surface area contributed by atoms with Gasteiger partial charge in [-0.25, -0.2) is 4.98 Å². The molecule has 1 heterocycles. The molecule has 0 saturated carbocycles. The van der Waals surface area contributed by atoms with Gasteiger partial charge in [0.15, 0.2) is 5.13 Å². The van der Waals surface area contributed by atoms with E-state index in [9.17, 15) is 4.79 Å². The third kappa shape index (κ3) is 2.95. The van der Waals surface area contributed by atoms with E-state index in [2.05, 4.69) is 10.3 Å². The van der Waals surface area contributed by atoms with Gasteiger partial charge < -0.3 is 11.1 Å². The molecule has 0 spiro atoms. The van der Waals surface area contributed by atoms with E-state index in [1.165, 1.54) is 11.3 Å². The lowest BCUT2D eigenvalue weighted by Gasteiger charge is -2.06. The van der Waals surface area contributed by atoms with Gasteiger partial charge in [0.05, 0.1) is 20.3 Å². The highest BCUT2D eigenvalue weighted by molar-refractivity contribution is 7.22. The van der Waals surface area contributed by atoms with E-state index in [1.807, 2.05) is 0 Å². The molecule has 0 atom stereocenters. The molecule has 0 aliphatic carbocycles. The lowest BCUT2D eigenvalue weighted by molar-refractivity contribution is 0.102. The van der Waals surface area contributed by atoms with Crippen molar-refractivity contribution in [2.45, 2.75) is 0 Å². The highest BCUT2D eigenvalue weighted by Gasteiger charge is 2.10. The summed E-state index contributed by atoms with van der Waals surface area (Å²) in [6.07, 6.45) is 0. The minimum atomic E-state index is -0.234. The Morgan fingerprint density at radius 3 is 2.71 bits per heavy atom. The third-order valence-electron chi connectivity index (χ3n) is 2.84. The number of fused-ring (bicyclic) bond motifs is 1. The fraction of sp³-hybridized carbons (Fsp3) is 0. The Hall–Kier alpha value is -1.82. The van der Waals surface area contributed by atoms with Gasteiger partial charge in [0.2, 0.25) is 0 Å². The Balaban J connectivity index is 1.87. The first-order valence-electron chi connectivity index (χ1n) is 5.95. The summed E-state index contributed by atoms with van der Waals surface area (Å²) in [5, 5.41) is 4.08. The molecule has 3 rings (SSSR count). The van der Waals surface area contributed by atoms with Crippen molar-refractivity contribution < 1.29 is 4.79 Å². The molecule has 0 aliphatic rings. The van der Waals surface area contributed by atoms with Gasteiger partial charge in [0, 0.05) is 11.3 Å². The maximum atomic E-state index is 12.2. The largest absolute Gasteiger partial charge is 0.375 e. The molecular formula is C14H9Cl2N3OS. The number of hydrogen-bond donors (Lipinski definition) is 2. The fourth-order valence-corrected chi connectivity index (χ4v) is 2.93. The highest BCUT2D eigenvalue weighted by atomic mass is 35.5. The number of aromatic nitrogens is 1. The molecule has 21 heavy (non-hydrogen) atoms. The first kappa shape index (κ1) is 14.1. The van der Waals surface area contributed by atoms with Gasteiger partial charge in [-0.05, 0) is 36.4 Å². The Labute approximate surface area is 134 Å². The average Bonchev–Trinajstić information content (AvgIpc) is 2.82. The second-order valence-corrected chi connectivity index (χ2v) is 6.19. The van der Waals surface area contributed by atoms with E-state index < -0.39 is 0 Å². The fourth-order valence-electron chi connectivity index (χ4n) is 1.86. The average molecular weight is 338 g/mol. The molecule has 0 radical (unpaired) electrons. The molecule has 0 aliphatic heterocycles. The molecular weight excluding hydrogens is 329 g/mol. The number of rotatable bonds is 2. The van der Waals surface area contributed by atoms with Crippen molar-refractivity contribution in [3.05, 3.63) is 52.0 Å². The summed E-state index contributed by atoms with van der Waals surface area (Å²) in [4.78, 5) is 16.4. The van der Waals surface area contributed by atoms with Crippen LogP contribution in [-0.2, 0) is 0 Å². The lowest BCUT2D eigenvalue weighted by atomic mass is 10.2. The predicted molar refractivity (Wildman–Crippen MR) is 88.4 cm³/mol. The van der Waals surface area contributed by atoms with Crippen LogP contribution in [0.3, 0.4) is 0 Å². The summed E-state index contributed by atoms with van der Waals surface area (Å²) < 4.78 is 0.870. The van der Waals surface area contributed by atoms with Crippen LogP contribution in [0.1, 0.15) is 10.4 Å². The van der Waals surface area contributed by atoms with Crippen LogP contribution in [0.2, 0.25) is 10.0 Å². The number of hydrogen-bond acceptors (Lipinski definition) is 4. The van der Waals surface area contributed by atoms with Crippen LogP contribution in [0.5, 0.6) is 0 Å². The first-order valence-corrected chi connectivity index (χ1v) is 7.52. The number of nitrogens with two attached hydrogens (primary N) is 1. The molecule has 0 fully saturated rings. The normalized spacial score (nSPS) is 10.8. The van der Waals surface area contributed by atoms with E-state index in [-0.39, 0.29) is 5.91 Å². The maximum Gasteiger partial charge on any atom is 0.255 e. The van der Waals surface area contributed by atoms with Crippen molar-refractivity contribution in [1.82, 2.24) is 4.98 Å². The molecule has 0 unspecified atom stereocenters. The predicted octanol–water partition coefficient (Wildman–Crippen LogP) is 4.44. The van der Waals surface area contributed by atoms with E-state index in [4.69, 9.17) is 28.9 Å². The smallest absolute Gasteiger partial charge is 0.255 e. The zero-order valence-corrected chi connectivity index (χ0v) is 12.9. The van der Waals surface area contributed by atoms with Crippen molar-refractivity contribution >= 4 is 61.5 Å². The number of anilines is 2. The third-order valence-corrected chi connectivity index (χ3v) is 4.43. The highest BCUT2D eigenvalue weighted by Crippen LogP contribution is 2.27. The van der Waals surface area contributed by atoms with Crippen LogP contribution in [-0.4, -0.2) is 10.9 Å². The minimum absolute atomic E-state index is 0.234. The molecule has 106 valence electrons. The Kier molecular flexibility index (Phi) is 3.71. The number of halogens is 2. The number of nitrogen functional groups attached to an aromatic ring is 1. The quantitative estimate of drug-likeness (QED) is 0.726. The topological polar surface area (TPSA) is 68.0 Å². The van der Waals surface area contributed by atoms with E-state index in [0.717, 1.165) is 10.2 Å². The summed E-state index contributed by atoms with van der Waals surface area (Å²) in [5.41, 5.74) is 7.54. The van der Waals surface area contributed by atoms with Crippen molar-refractivity contribution in [2.75, 3.05) is 11.1 Å². The Bertz CT molecular complexity index is 847. The molecule has 2 aromatic carbocycles. The minimum Gasteiger partial charge on any atom is -0.375 e. The van der Waals surface area contributed by atoms with Crippen molar-refractivity contribution in [1.29, 1.82) is 0 Å². The molecule has 3 aromatic rings. The zero-order chi connectivity index (χ0) is 15.0. The molecule has 4 nitrogen and oxygen atoms in total. The van der Waals surface area contributed by atoms with Crippen LogP contribution in [0.4, 0.5) is 10.8 Å². The Morgan fingerprint density at radius 1 is 1.14 bits per heavy atom. The molecule has 0 bridgehead atoms. The van der Waals surface area contributed by atoms with Gasteiger partial charge in [-0.3, -0.25) is 4.79 Å². The van der Waals surface area contributed by atoms with E-state index in [0.29, 0.717) is 26.4 Å². The first-order chi connectivity index (χ1) is 10.0. The van der Waals surface area contributed by atoms with Gasteiger partial charge >= 0.3 is 0 Å². The van der Waals surface area contributed by atoms with E-state index in [1.54, 1.807) is 36.4 Å². The second kappa shape index (κ2) is 5.52. The van der Waals surface area contributed by atoms with Crippen molar-refractivity contribution in [3.8, 4) is 0 Å². The van der Waals surface area contributed by atoms with Gasteiger partial charge in [-0.15, -0.1) is 0 Å². The summed E-state index contributed by atoms with van der Waals surface area (Å²) >= 11 is 13.1. The zero-order valence-electron chi connectivity index (χ0n) is 10.6. The monoisotopic (exact) mass is 337 g/mol. The van der Waals surface area contributed by atoms with Gasteiger partial charge in [-0.2, -0.15) is 0 Å². The van der Waals surface area contributed by atoms with Crippen molar-refractivity contribution in [3.63, 3.8) is 0 Å². The second-order valence-electron chi connectivity index (χ2n) is 4.32. The summed E-state index contributed by atoms with van der Waals surface area (Å²) in [7, 11) is 0. The van der Waals surface area contributed by atoms with Gasteiger partial charge in [0.1, 0.15) is 0 Å². The summed E-state index contributed by atoms with van der Waals surface area (Å²) in [5.74, 6) is -0.234. The summed E-state index contributed by atoms with van der Waals surface area (Å²) in [6, 6.07) is 10.2. The SMILES string of the molecule is Nc1nc2ccc(C(=O)Nc3ccc(Cl)c(Cl)c3)cc2s1. The number of amides is 1. The lowest BCUT2D eigenvalue weighted by Crippen LogP contribution is -2.11. The van der Waals surface area contributed by atoms with Crippen LogP contribution in [0, 0.1) is 0 Å². The van der Waals surface area contributed by atoms with Crippen LogP contribution >= 0.6 is 34.5 Å². The molecule has 1 aromatic heterocycles. The van der Waals surface area contributed by atoms with Crippen LogP contribution < -0.4 is 11.1 Å². The van der Waals surface area contributed by atoms with Gasteiger partial charge in [-0.1, -0.05) is 34.5 Å².